The number of hydrogen-bond acceptors (Lipinski definition) is 2. The number of piperidine rings is 1. The lowest BCUT2D eigenvalue weighted by Crippen LogP contribution is -2.54. The van der Waals surface area contributed by atoms with Gasteiger partial charge in [-0.2, -0.15) is 0 Å². The summed E-state index contributed by atoms with van der Waals surface area (Å²) in [6.07, 6.45) is 9.81. The zero-order valence-corrected chi connectivity index (χ0v) is 14.2. The van der Waals surface area contributed by atoms with Gasteiger partial charge in [0.2, 0.25) is 0 Å². The molecule has 0 bridgehead atoms. The Balaban J connectivity index is 2.05. The molecule has 0 saturated carbocycles. The Morgan fingerprint density at radius 1 is 0.950 bits per heavy atom. The molecule has 0 aromatic rings. The third-order valence-corrected chi connectivity index (χ3v) is 5.11. The van der Waals surface area contributed by atoms with E-state index < -0.39 is 0 Å². The molecule has 1 N–H and O–H groups in total. The Morgan fingerprint density at radius 3 is 2.20 bits per heavy atom. The Labute approximate surface area is 126 Å². The standard InChI is InChI=1S/C18H36N2/c1-14(2)12-16(13-15(3)4)20-11-6-5-9-18(20)17-8-7-10-19-17/h14-19H,5-13H2,1-4H3. The average Bonchev–Trinajstić information content (AvgIpc) is 2.90. The van der Waals surface area contributed by atoms with E-state index in [1.165, 1.54) is 58.0 Å². The highest BCUT2D eigenvalue weighted by atomic mass is 15.2. The Kier molecular flexibility index (Phi) is 6.35. The maximum absolute atomic E-state index is 3.78. The molecule has 2 nitrogen and oxygen atoms in total. The van der Waals surface area contributed by atoms with Crippen molar-refractivity contribution in [2.24, 2.45) is 11.8 Å². The molecule has 118 valence electrons. The van der Waals surface area contributed by atoms with Crippen LogP contribution in [0.25, 0.3) is 0 Å². The van der Waals surface area contributed by atoms with E-state index in [4.69, 9.17) is 0 Å². The summed E-state index contributed by atoms with van der Waals surface area (Å²) in [7, 11) is 0. The fourth-order valence-electron chi connectivity index (χ4n) is 4.36. The van der Waals surface area contributed by atoms with Crippen molar-refractivity contribution in [1.82, 2.24) is 10.2 Å². The van der Waals surface area contributed by atoms with Gasteiger partial charge in [0.1, 0.15) is 0 Å². The second kappa shape index (κ2) is 7.79. The Bertz CT molecular complexity index is 259. The lowest BCUT2D eigenvalue weighted by Gasteiger charge is -2.45. The van der Waals surface area contributed by atoms with Gasteiger partial charge < -0.3 is 5.32 Å². The molecular weight excluding hydrogens is 244 g/mol. The van der Waals surface area contributed by atoms with Crippen LogP contribution in [0.5, 0.6) is 0 Å². The molecule has 0 spiro atoms. The number of rotatable bonds is 6. The second-order valence-electron chi connectivity index (χ2n) is 7.92. The summed E-state index contributed by atoms with van der Waals surface area (Å²) in [5.74, 6) is 1.63. The topological polar surface area (TPSA) is 15.3 Å². The van der Waals surface area contributed by atoms with E-state index in [0.717, 1.165) is 30.0 Å². The SMILES string of the molecule is CC(C)CC(CC(C)C)N1CCCCC1C1CCCN1. The first-order valence-corrected chi connectivity index (χ1v) is 9.07. The highest BCUT2D eigenvalue weighted by molar-refractivity contribution is 4.93. The van der Waals surface area contributed by atoms with Crippen molar-refractivity contribution in [2.45, 2.75) is 90.8 Å². The minimum Gasteiger partial charge on any atom is -0.312 e. The predicted octanol–water partition coefficient (Wildman–Crippen LogP) is 4.05. The summed E-state index contributed by atoms with van der Waals surface area (Å²) < 4.78 is 0. The van der Waals surface area contributed by atoms with Gasteiger partial charge in [-0.3, -0.25) is 4.90 Å². The van der Waals surface area contributed by atoms with Crippen LogP contribution in [-0.2, 0) is 0 Å². The molecule has 2 aliphatic rings. The van der Waals surface area contributed by atoms with Gasteiger partial charge >= 0.3 is 0 Å². The summed E-state index contributed by atoms with van der Waals surface area (Å²) >= 11 is 0. The van der Waals surface area contributed by atoms with Crippen molar-refractivity contribution in [1.29, 1.82) is 0 Å². The quantitative estimate of drug-likeness (QED) is 0.789. The highest BCUT2D eigenvalue weighted by Crippen LogP contribution is 2.30. The van der Waals surface area contributed by atoms with Gasteiger partial charge in [-0.25, -0.2) is 0 Å². The molecular formula is C18H36N2. The molecule has 0 amide bonds. The van der Waals surface area contributed by atoms with Crippen LogP contribution in [0.1, 0.15) is 72.6 Å². The molecule has 0 aromatic heterocycles. The molecule has 2 aliphatic heterocycles. The summed E-state index contributed by atoms with van der Waals surface area (Å²) in [5, 5.41) is 3.78. The molecule has 0 aliphatic carbocycles. The van der Waals surface area contributed by atoms with Crippen LogP contribution in [0.3, 0.4) is 0 Å². The predicted molar refractivity (Wildman–Crippen MR) is 88.1 cm³/mol. The Morgan fingerprint density at radius 2 is 1.65 bits per heavy atom. The first-order valence-electron chi connectivity index (χ1n) is 9.07. The monoisotopic (exact) mass is 280 g/mol. The van der Waals surface area contributed by atoms with Crippen molar-refractivity contribution in [3.8, 4) is 0 Å². The molecule has 0 radical (unpaired) electrons. The number of nitrogens with one attached hydrogen (secondary N) is 1. The first kappa shape index (κ1) is 16.3. The molecule has 2 saturated heterocycles. The minimum absolute atomic E-state index is 0.775. The molecule has 20 heavy (non-hydrogen) atoms. The third kappa shape index (κ3) is 4.46. The molecule has 2 atom stereocenters. The van der Waals surface area contributed by atoms with Crippen LogP contribution in [0, 0.1) is 11.8 Å². The van der Waals surface area contributed by atoms with Gasteiger partial charge in [0.15, 0.2) is 0 Å². The van der Waals surface area contributed by atoms with E-state index in [-0.39, 0.29) is 0 Å². The highest BCUT2D eigenvalue weighted by Gasteiger charge is 2.35. The van der Waals surface area contributed by atoms with Crippen molar-refractivity contribution in [2.75, 3.05) is 13.1 Å². The van der Waals surface area contributed by atoms with E-state index in [0.29, 0.717) is 0 Å². The normalized spacial score (nSPS) is 28.9. The summed E-state index contributed by atoms with van der Waals surface area (Å²) in [6.45, 7) is 12.1. The van der Waals surface area contributed by atoms with Gasteiger partial charge in [0.05, 0.1) is 0 Å². The van der Waals surface area contributed by atoms with Crippen LogP contribution >= 0.6 is 0 Å². The van der Waals surface area contributed by atoms with Crippen molar-refractivity contribution in [3.05, 3.63) is 0 Å². The van der Waals surface area contributed by atoms with Gasteiger partial charge in [0.25, 0.3) is 0 Å². The maximum atomic E-state index is 3.78. The zero-order chi connectivity index (χ0) is 14.5. The summed E-state index contributed by atoms with van der Waals surface area (Å²) in [5.41, 5.74) is 0. The largest absolute Gasteiger partial charge is 0.312 e. The molecule has 2 heteroatoms. The lowest BCUT2D eigenvalue weighted by atomic mass is 9.87. The number of likely N-dealkylation sites (tertiary alicyclic amines) is 1. The maximum Gasteiger partial charge on any atom is 0.0252 e. The van der Waals surface area contributed by atoms with Crippen LogP contribution in [0.15, 0.2) is 0 Å². The van der Waals surface area contributed by atoms with E-state index in [1.807, 2.05) is 0 Å². The van der Waals surface area contributed by atoms with Gasteiger partial charge in [-0.1, -0.05) is 34.1 Å². The molecule has 0 aromatic carbocycles. The molecule has 2 unspecified atom stereocenters. The summed E-state index contributed by atoms with van der Waals surface area (Å²) in [6, 6.07) is 2.40. The molecule has 2 rings (SSSR count). The van der Waals surface area contributed by atoms with Crippen LogP contribution < -0.4 is 5.32 Å². The van der Waals surface area contributed by atoms with Crippen LogP contribution in [0.2, 0.25) is 0 Å². The van der Waals surface area contributed by atoms with Gasteiger partial charge in [-0.05, 0) is 63.5 Å². The second-order valence-corrected chi connectivity index (χ2v) is 7.92. The zero-order valence-electron chi connectivity index (χ0n) is 14.2. The van der Waals surface area contributed by atoms with Gasteiger partial charge in [-0.15, -0.1) is 0 Å². The average molecular weight is 280 g/mol. The summed E-state index contributed by atoms with van der Waals surface area (Å²) in [4.78, 5) is 2.91. The van der Waals surface area contributed by atoms with Crippen molar-refractivity contribution in [3.63, 3.8) is 0 Å². The van der Waals surface area contributed by atoms with E-state index in [9.17, 15) is 0 Å². The minimum atomic E-state index is 0.775. The fourth-order valence-corrected chi connectivity index (χ4v) is 4.36. The van der Waals surface area contributed by atoms with E-state index >= 15 is 0 Å². The number of nitrogens with zero attached hydrogens (tertiary/aromatic N) is 1. The Hall–Kier alpha value is -0.0800. The van der Waals surface area contributed by atoms with Gasteiger partial charge in [0, 0.05) is 18.1 Å². The lowest BCUT2D eigenvalue weighted by molar-refractivity contribution is 0.0525. The van der Waals surface area contributed by atoms with Crippen molar-refractivity contribution >= 4 is 0 Å². The van der Waals surface area contributed by atoms with Crippen molar-refractivity contribution < 1.29 is 0 Å². The van der Waals surface area contributed by atoms with E-state index in [1.54, 1.807) is 0 Å². The smallest absolute Gasteiger partial charge is 0.0252 e. The fraction of sp³-hybridized carbons (Fsp3) is 1.00. The van der Waals surface area contributed by atoms with Crippen LogP contribution in [0.4, 0.5) is 0 Å². The number of hydrogen-bond donors (Lipinski definition) is 1. The van der Waals surface area contributed by atoms with E-state index in [2.05, 4.69) is 37.9 Å². The molecule has 2 heterocycles. The van der Waals surface area contributed by atoms with Crippen LogP contribution in [-0.4, -0.2) is 36.1 Å². The molecule has 2 fully saturated rings. The third-order valence-electron chi connectivity index (χ3n) is 5.11. The first-order chi connectivity index (χ1) is 9.58.